The van der Waals surface area contributed by atoms with Crippen LogP contribution >= 0.6 is 11.3 Å². The molecule has 3 rings (SSSR count). The molecular formula is C19H23N3O3S. The predicted octanol–water partition coefficient (Wildman–Crippen LogP) is 2.23. The van der Waals surface area contributed by atoms with E-state index in [9.17, 15) is 9.59 Å². The van der Waals surface area contributed by atoms with E-state index < -0.39 is 12.1 Å². The molecule has 1 N–H and O–H groups in total. The molecule has 7 heteroatoms. The molecule has 0 bridgehead atoms. The van der Waals surface area contributed by atoms with Gasteiger partial charge in [-0.3, -0.25) is 9.59 Å². The highest BCUT2D eigenvalue weighted by molar-refractivity contribution is 7.09. The molecule has 0 unspecified atom stereocenters. The summed E-state index contributed by atoms with van der Waals surface area (Å²) in [5.74, 6) is -0.363. The predicted molar refractivity (Wildman–Crippen MR) is 99.8 cm³/mol. The van der Waals surface area contributed by atoms with E-state index in [0.717, 1.165) is 28.2 Å². The molecule has 0 saturated carbocycles. The fraction of sp³-hybridized carbons (Fsp3) is 0.421. The maximum atomic E-state index is 12.8. The average Bonchev–Trinajstić information content (AvgIpc) is 3.11. The second kappa shape index (κ2) is 7.97. The van der Waals surface area contributed by atoms with Crippen molar-refractivity contribution in [3.63, 3.8) is 0 Å². The van der Waals surface area contributed by atoms with Crippen LogP contribution in [0.1, 0.15) is 34.8 Å². The third-order valence-corrected chi connectivity index (χ3v) is 5.64. The first-order chi connectivity index (χ1) is 12.5. The van der Waals surface area contributed by atoms with Gasteiger partial charge < -0.3 is 15.0 Å². The summed E-state index contributed by atoms with van der Waals surface area (Å²) in [6.07, 6.45) is 0.134. The Bertz CT molecular complexity index is 805. The maximum Gasteiger partial charge on any atom is 0.252 e. The summed E-state index contributed by atoms with van der Waals surface area (Å²) in [7, 11) is 1.72. The highest BCUT2D eigenvalue weighted by atomic mass is 32.1. The molecule has 1 saturated heterocycles. The molecular weight excluding hydrogens is 350 g/mol. The van der Waals surface area contributed by atoms with Gasteiger partial charge >= 0.3 is 0 Å². The Hall–Kier alpha value is -2.25. The zero-order chi connectivity index (χ0) is 18.7. The van der Waals surface area contributed by atoms with Crippen LogP contribution in [0.2, 0.25) is 0 Å². The van der Waals surface area contributed by atoms with Crippen LogP contribution in [0.5, 0.6) is 0 Å². The number of nitrogens with one attached hydrogen (secondary N) is 1. The number of rotatable bonds is 5. The van der Waals surface area contributed by atoms with E-state index in [0.29, 0.717) is 6.54 Å². The van der Waals surface area contributed by atoms with Crippen molar-refractivity contribution >= 4 is 23.2 Å². The van der Waals surface area contributed by atoms with Crippen molar-refractivity contribution in [2.24, 2.45) is 0 Å². The first kappa shape index (κ1) is 18.5. The van der Waals surface area contributed by atoms with Gasteiger partial charge in [-0.1, -0.05) is 31.2 Å². The van der Waals surface area contributed by atoms with Crippen LogP contribution in [-0.4, -0.2) is 41.5 Å². The van der Waals surface area contributed by atoms with E-state index in [1.807, 2.05) is 36.6 Å². The van der Waals surface area contributed by atoms with E-state index in [-0.39, 0.29) is 18.4 Å². The van der Waals surface area contributed by atoms with Crippen LogP contribution in [0.3, 0.4) is 0 Å². The summed E-state index contributed by atoms with van der Waals surface area (Å²) in [6, 6.07) is 7.31. The molecule has 1 aromatic heterocycles. The Morgan fingerprint density at radius 3 is 2.88 bits per heavy atom. The normalized spacial score (nSPS) is 20.3. The number of aryl methyl sites for hydroxylation is 2. The van der Waals surface area contributed by atoms with Crippen LogP contribution < -0.4 is 5.32 Å². The maximum absolute atomic E-state index is 12.8. The first-order valence-corrected chi connectivity index (χ1v) is 9.53. The van der Waals surface area contributed by atoms with Crippen molar-refractivity contribution in [3.8, 4) is 0 Å². The van der Waals surface area contributed by atoms with Crippen molar-refractivity contribution in [3.05, 3.63) is 51.5 Å². The molecule has 2 atom stereocenters. The van der Waals surface area contributed by atoms with Gasteiger partial charge in [-0.2, -0.15) is 0 Å². The van der Waals surface area contributed by atoms with Crippen LogP contribution in [0.15, 0.2) is 29.6 Å². The second-order valence-electron chi connectivity index (χ2n) is 6.34. The number of benzene rings is 1. The van der Waals surface area contributed by atoms with Crippen molar-refractivity contribution < 1.29 is 14.3 Å². The van der Waals surface area contributed by atoms with Gasteiger partial charge in [-0.05, 0) is 24.5 Å². The van der Waals surface area contributed by atoms with Crippen molar-refractivity contribution in [2.75, 3.05) is 13.7 Å². The summed E-state index contributed by atoms with van der Waals surface area (Å²) in [5, 5.41) is 5.90. The Kier molecular flexibility index (Phi) is 5.68. The van der Waals surface area contributed by atoms with Crippen molar-refractivity contribution in [1.82, 2.24) is 15.2 Å². The van der Waals surface area contributed by atoms with Gasteiger partial charge in [0.1, 0.15) is 6.61 Å². The zero-order valence-corrected chi connectivity index (χ0v) is 16.0. The third-order valence-electron chi connectivity index (χ3n) is 4.59. The molecule has 0 aliphatic carbocycles. The Labute approximate surface area is 157 Å². The lowest BCUT2D eigenvalue weighted by Crippen LogP contribution is -2.53. The third kappa shape index (κ3) is 3.78. The quantitative estimate of drug-likeness (QED) is 0.872. The SMILES string of the molecule is CCc1nc(CNC(=O)[C@H]2OCC(=O)N(C)[C@@H]2c2ccccc2C)cs1. The number of carbonyl (C=O) groups excluding carboxylic acids is 2. The zero-order valence-electron chi connectivity index (χ0n) is 15.2. The molecule has 26 heavy (non-hydrogen) atoms. The minimum Gasteiger partial charge on any atom is -0.356 e. The number of aromatic nitrogens is 1. The van der Waals surface area contributed by atoms with Gasteiger partial charge in [0.25, 0.3) is 5.91 Å². The van der Waals surface area contributed by atoms with Crippen LogP contribution in [0.25, 0.3) is 0 Å². The summed E-state index contributed by atoms with van der Waals surface area (Å²) < 4.78 is 5.64. The molecule has 0 spiro atoms. The lowest BCUT2D eigenvalue weighted by atomic mass is 9.94. The summed E-state index contributed by atoms with van der Waals surface area (Å²) in [4.78, 5) is 31.0. The molecule has 6 nitrogen and oxygen atoms in total. The van der Waals surface area contributed by atoms with Crippen LogP contribution in [0, 0.1) is 6.92 Å². The number of thiazole rings is 1. The molecule has 1 aliphatic heterocycles. The van der Waals surface area contributed by atoms with Gasteiger partial charge in [-0.25, -0.2) is 4.98 Å². The van der Waals surface area contributed by atoms with E-state index in [1.54, 1.807) is 23.3 Å². The average molecular weight is 373 g/mol. The van der Waals surface area contributed by atoms with Crippen LogP contribution in [-0.2, 0) is 27.3 Å². The van der Waals surface area contributed by atoms with E-state index in [1.165, 1.54) is 0 Å². The van der Waals surface area contributed by atoms with Crippen molar-refractivity contribution in [2.45, 2.75) is 39.0 Å². The lowest BCUT2D eigenvalue weighted by molar-refractivity contribution is -0.162. The number of hydrogen-bond donors (Lipinski definition) is 1. The fourth-order valence-electron chi connectivity index (χ4n) is 3.09. The Balaban J connectivity index is 1.78. The molecule has 0 radical (unpaired) electrons. The van der Waals surface area contributed by atoms with Gasteiger partial charge in [0.15, 0.2) is 6.10 Å². The van der Waals surface area contributed by atoms with Gasteiger partial charge in [-0.15, -0.1) is 11.3 Å². The molecule has 2 aromatic rings. The standard InChI is InChI=1S/C19H23N3O3S/c1-4-15-21-13(11-26-15)9-20-19(24)18-17(22(3)16(23)10-25-18)14-8-6-5-7-12(14)2/h5-8,11,17-18H,4,9-10H2,1-3H3,(H,20,24)/t17-,18+/m1/s1. The summed E-state index contributed by atoms with van der Waals surface area (Å²) in [6.45, 7) is 4.29. The molecule has 2 amide bonds. The minimum atomic E-state index is -0.747. The molecule has 1 aliphatic rings. The van der Waals surface area contributed by atoms with Gasteiger partial charge in [0.05, 0.1) is 23.3 Å². The fourth-order valence-corrected chi connectivity index (χ4v) is 3.84. The topological polar surface area (TPSA) is 71.5 Å². The first-order valence-electron chi connectivity index (χ1n) is 8.65. The number of ether oxygens (including phenoxy) is 1. The molecule has 138 valence electrons. The highest BCUT2D eigenvalue weighted by Crippen LogP contribution is 2.31. The smallest absolute Gasteiger partial charge is 0.252 e. The van der Waals surface area contributed by atoms with E-state index >= 15 is 0 Å². The summed E-state index contributed by atoms with van der Waals surface area (Å²) >= 11 is 1.59. The van der Waals surface area contributed by atoms with Gasteiger partial charge in [0, 0.05) is 12.4 Å². The largest absolute Gasteiger partial charge is 0.356 e. The number of nitrogens with zero attached hydrogens (tertiary/aromatic N) is 2. The number of morpholine rings is 1. The van der Waals surface area contributed by atoms with E-state index in [4.69, 9.17) is 4.74 Å². The molecule has 2 heterocycles. The monoisotopic (exact) mass is 373 g/mol. The second-order valence-corrected chi connectivity index (χ2v) is 7.28. The van der Waals surface area contributed by atoms with E-state index in [2.05, 4.69) is 17.2 Å². The highest BCUT2D eigenvalue weighted by Gasteiger charge is 2.40. The summed E-state index contributed by atoms with van der Waals surface area (Å²) in [5.41, 5.74) is 2.78. The Morgan fingerprint density at radius 2 is 2.19 bits per heavy atom. The number of amides is 2. The minimum absolute atomic E-state index is 0.0896. The number of hydrogen-bond acceptors (Lipinski definition) is 5. The molecule has 1 aromatic carbocycles. The molecule has 1 fully saturated rings. The van der Waals surface area contributed by atoms with Crippen LogP contribution in [0.4, 0.5) is 0 Å². The number of carbonyl (C=O) groups is 2. The van der Waals surface area contributed by atoms with Gasteiger partial charge in [0.2, 0.25) is 5.91 Å². The lowest BCUT2D eigenvalue weighted by Gasteiger charge is -2.38. The Morgan fingerprint density at radius 1 is 1.42 bits per heavy atom. The van der Waals surface area contributed by atoms with Crippen molar-refractivity contribution in [1.29, 1.82) is 0 Å². The number of likely N-dealkylation sites (N-methyl/N-ethyl adjacent to an activating group) is 1.